The summed E-state index contributed by atoms with van der Waals surface area (Å²) in [6.07, 6.45) is 4.21. The van der Waals surface area contributed by atoms with Gasteiger partial charge in [0.25, 0.3) is 0 Å². The maximum atomic E-state index is 9.14. The maximum absolute atomic E-state index is 9.14. The summed E-state index contributed by atoms with van der Waals surface area (Å²) in [6, 6.07) is 11.6. The van der Waals surface area contributed by atoms with Crippen molar-refractivity contribution < 1.29 is 5.11 Å². The molecule has 0 amide bonds. The predicted octanol–water partition coefficient (Wildman–Crippen LogP) is 3.18. The zero-order valence-electron chi connectivity index (χ0n) is 8.93. The summed E-state index contributed by atoms with van der Waals surface area (Å²) < 4.78 is 0. The monoisotopic (exact) mass is 211 g/mol. The van der Waals surface area contributed by atoms with Crippen molar-refractivity contribution in [3.63, 3.8) is 0 Å². The molecule has 2 aromatic rings. The van der Waals surface area contributed by atoms with Crippen LogP contribution in [-0.2, 0) is 6.42 Å². The van der Waals surface area contributed by atoms with Gasteiger partial charge in [-0.25, -0.2) is 0 Å². The molecule has 0 bridgehead atoms. The van der Waals surface area contributed by atoms with E-state index in [0.717, 1.165) is 17.7 Å². The minimum absolute atomic E-state index is 0.187. The van der Waals surface area contributed by atoms with E-state index in [4.69, 9.17) is 5.11 Å². The minimum Gasteiger partial charge on any atom is -0.506 e. The van der Waals surface area contributed by atoms with Crippen LogP contribution < -0.4 is 0 Å². The fourth-order valence-electron chi connectivity index (χ4n) is 1.54. The Kier molecular flexibility index (Phi) is 3.01. The van der Waals surface area contributed by atoms with Gasteiger partial charge in [0.1, 0.15) is 5.75 Å². The molecule has 2 nitrogen and oxygen atoms in total. The van der Waals surface area contributed by atoms with Crippen LogP contribution in [0.3, 0.4) is 0 Å². The number of nitrogens with zero attached hydrogens (tertiary/aromatic N) is 1. The first-order valence-electron chi connectivity index (χ1n) is 5.15. The van der Waals surface area contributed by atoms with E-state index in [1.165, 1.54) is 11.8 Å². The van der Waals surface area contributed by atoms with E-state index in [2.05, 4.69) is 23.7 Å². The van der Waals surface area contributed by atoms with E-state index in [0.29, 0.717) is 0 Å². The van der Waals surface area contributed by atoms with Crippen molar-refractivity contribution in [3.05, 3.63) is 60.8 Å². The average Bonchev–Trinajstić information content (AvgIpc) is 2.32. The molecule has 16 heavy (non-hydrogen) atoms. The molecule has 2 heteroatoms. The smallest absolute Gasteiger partial charge is 0.133 e. The summed E-state index contributed by atoms with van der Waals surface area (Å²) in [7, 11) is 0. The molecule has 0 saturated heterocycles. The number of hydrogen-bond donors (Lipinski definition) is 1. The molecule has 0 saturated carbocycles. The van der Waals surface area contributed by atoms with Crippen LogP contribution in [0.1, 0.15) is 5.56 Å². The van der Waals surface area contributed by atoms with Crippen molar-refractivity contribution in [1.29, 1.82) is 0 Å². The number of pyridine rings is 1. The molecule has 0 aliphatic rings. The Morgan fingerprint density at radius 1 is 1.12 bits per heavy atom. The summed E-state index contributed by atoms with van der Waals surface area (Å²) in [5.41, 5.74) is 3.15. The van der Waals surface area contributed by atoms with Crippen molar-refractivity contribution in [2.75, 3.05) is 0 Å². The third-order valence-corrected chi connectivity index (χ3v) is 2.38. The van der Waals surface area contributed by atoms with Gasteiger partial charge >= 0.3 is 0 Å². The third-order valence-electron chi connectivity index (χ3n) is 2.38. The van der Waals surface area contributed by atoms with E-state index in [1.807, 2.05) is 18.2 Å². The second kappa shape index (κ2) is 4.62. The fraction of sp³-hybridized carbons (Fsp3) is 0.0714. The fourth-order valence-corrected chi connectivity index (χ4v) is 1.54. The molecule has 0 spiro atoms. The van der Waals surface area contributed by atoms with Gasteiger partial charge in [-0.2, -0.15) is 0 Å². The highest BCUT2D eigenvalue weighted by molar-refractivity contribution is 5.59. The maximum Gasteiger partial charge on any atom is 0.133 e. The van der Waals surface area contributed by atoms with Crippen LogP contribution in [-0.4, -0.2) is 10.1 Å². The highest BCUT2D eigenvalue weighted by Crippen LogP contribution is 2.19. The molecule has 1 aromatic carbocycles. The number of rotatable bonds is 3. The van der Waals surface area contributed by atoms with E-state index in [-0.39, 0.29) is 5.75 Å². The first-order valence-corrected chi connectivity index (χ1v) is 5.15. The van der Waals surface area contributed by atoms with Gasteiger partial charge in [-0.3, -0.25) is 4.98 Å². The average molecular weight is 211 g/mol. The van der Waals surface area contributed by atoms with Crippen LogP contribution in [0.4, 0.5) is 0 Å². The molecule has 0 fully saturated rings. The first kappa shape index (κ1) is 10.4. The Hall–Kier alpha value is -2.09. The van der Waals surface area contributed by atoms with Gasteiger partial charge < -0.3 is 5.11 Å². The SMILES string of the molecule is C=CCc1ccc(-c2ccc(O)cn2)cc1. The van der Waals surface area contributed by atoms with E-state index in [9.17, 15) is 0 Å². The molecule has 1 aromatic heterocycles. The summed E-state index contributed by atoms with van der Waals surface area (Å²) in [5, 5.41) is 9.14. The zero-order chi connectivity index (χ0) is 11.4. The molecule has 0 atom stereocenters. The first-order chi connectivity index (χ1) is 7.79. The lowest BCUT2D eigenvalue weighted by Gasteiger charge is -2.02. The Bertz CT molecular complexity index is 471. The molecule has 0 unspecified atom stereocenters. The van der Waals surface area contributed by atoms with Crippen LogP contribution in [0.2, 0.25) is 0 Å². The number of aromatic hydroxyl groups is 1. The van der Waals surface area contributed by atoms with Crippen molar-refractivity contribution >= 4 is 0 Å². The molecular weight excluding hydrogens is 198 g/mol. The van der Waals surface area contributed by atoms with Crippen molar-refractivity contribution in [3.8, 4) is 17.0 Å². The second-order valence-electron chi connectivity index (χ2n) is 3.59. The quantitative estimate of drug-likeness (QED) is 0.791. The Morgan fingerprint density at radius 3 is 2.44 bits per heavy atom. The normalized spacial score (nSPS) is 10.0. The van der Waals surface area contributed by atoms with Gasteiger partial charge in [-0.15, -0.1) is 6.58 Å². The molecule has 0 aliphatic carbocycles. The predicted molar refractivity (Wildman–Crippen MR) is 65.2 cm³/mol. The summed E-state index contributed by atoms with van der Waals surface area (Å²) in [4.78, 5) is 4.15. The minimum atomic E-state index is 0.187. The molecule has 0 aliphatic heterocycles. The largest absolute Gasteiger partial charge is 0.506 e. The lowest BCUT2D eigenvalue weighted by Crippen LogP contribution is -1.84. The van der Waals surface area contributed by atoms with Crippen LogP contribution >= 0.6 is 0 Å². The lowest BCUT2D eigenvalue weighted by atomic mass is 10.1. The van der Waals surface area contributed by atoms with E-state index < -0.39 is 0 Å². The molecule has 80 valence electrons. The summed E-state index contributed by atoms with van der Waals surface area (Å²) in [5.74, 6) is 0.187. The van der Waals surface area contributed by atoms with Gasteiger partial charge in [0.2, 0.25) is 0 Å². The van der Waals surface area contributed by atoms with Crippen molar-refractivity contribution in [2.45, 2.75) is 6.42 Å². The van der Waals surface area contributed by atoms with Gasteiger partial charge in [-0.05, 0) is 24.1 Å². The van der Waals surface area contributed by atoms with Gasteiger partial charge in [0, 0.05) is 5.56 Å². The third kappa shape index (κ3) is 2.28. The zero-order valence-corrected chi connectivity index (χ0v) is 8.93. The van der Waals surface area contributed by atoms with Gasteiger partial charge in [0.15, 0.2) is 0 Å². The van der Waals surface area contributed by atoms with Crippen LogP contribution in [0, 0.1) is 0 Å². The molecular formula is C14H13NO. The van der Waals surface area contributed by atoms with Gasteiger partial charge in [-0.1, -0.05) is 30.3 Å². The number of benzene rings is 1. The van der Waals surface area contributed by atoms with Crippen LogP contribution in [0.15, 0.2) is 55.3 Å². The second-order valence-corrected chi connectivity index (χ2v) is 3.59. The highest BCUT2D eigenvalue weighted by Gasteiger charge is 1.99. The Labute approximate surface area is 94.9 Å². The molecule has 0 radical (unpaired) electrons. The number of hydrogen-bond acceptors (Lipinski definition) is 2. The topological polar surface area (TPSA) is 33.1 Å². The summed E-state index contributed by atoms with van der Waals surface area (Å²) >= 11 is 0. The van der Waals surface area contributed by atoms with E-state index >= 15 is 0 Å². The summed E-state index contributed by atoms with van der Waals surface area (Å²) in [6.45, 7) is 3.71. The van der Waals surface area contributed by atoms with Crippen LogP contribution in [0.5, 0.6) is 5.75 Å². The van der Waals surface area contributed by atoms with Gasteiger partial charge in [0.05, 0.1) is 11.9 Å². The number of allylic oxidation sites excluding steroid dienone is 1. The highest BCUT2D eigenvalue weighted by atomic mass is 16.3. The van der Waals surface area contributed by atoms with E-state index in [1.54, 1.807) is 12.1 Å². The van der Waals surface area contributed by atoms with Crippen molar-refractivity contribution in [1.82, 2.24) is 4.98 Å². The molecule has 1 N–H and O–H groups in total. The lowest BCUT2D eigenvalue weighted by molar-refractivity contribution is 0.473. The Balaban J connectivity index is 2.27. The molecule has 1 heterocycles. The number of aromatic nitrogens is 1. The van der Waals surface area contributed by atoms with Crippen molar-refractivity contribution in [2.24, 2.45) is 0 Å². The molecule has 2 rings (SSSR count). The Morgan fingerprint density at radius 2 is 1.88 bits per heavy atom. The van der Waals surface area contributed by atoms with Crippen LogP contribution in [0.25, 0.3) is 11.3 Å². The standard InChI is InChI=1S/C14H13NO/c1-2-3-11-4-6-12(7-5-11)14-9-8-13(16)10-15-14/h2,4-10,16H,1,3H2.